The quantitative estimate of drug-likeness (QED) is 0.800. The van der Waals surface area contributed by atoms with Crippen LogP contribution in [0.15, 0.2) is 0 Å². The first-order valence-corrected chi connectivity index (χ1v) is 8.96. The Morgan fingerprint density at radius 3 is 2.28 bits per heavy atom. The first kappa shape index (κ1) is 14.3. The maximum atomic E-state index is 12.2. The van der Waals surface area contributed by atoms with E-state index in [1.54, 1.807) is 0 Å². The third-order valence-corrected chi connectivity index (χ3v) is 6.04. The van der Waals surface area contributed by atoms with Crippen LogP contribution >= 0.6 is 0 Å². The minimum absolute atomic E-state index is 0.0788. The molecule has 2 atom stereocenters. The molecule has 3 N–H and O–H groups in total. The van der Waals surface area contributed by atoms with Gasteiger partial charge in [0.25, 0.3) is 0 Å². The second kappa shape index (κ2) is 6.35. The predicted octanol–water partition coefficient (Wildman–Crippen LogP) is 1.61. The first-order valence-electron chi connectivity index (χ1n) is 7.31. The zero-order valence-electron chi connectivity index (χ0n) is 11.1. The molecular formula is C13H26N2O2S. The summed E-state index contributed by atoms with van der Waals surface area (Å²) >= 11 is 0. The van der Waals surface area contributed by atoms with E-state index in [0.717, 1.165) is 32.1 Å². The monoisotopic (exact) mass is 274 g/mol. The third kappa shape index (κ3) is 3.93. The maximum absolute atomic E-state index is 12.2. The second-order valence-corrected chi connectivity index (χ2v) is 7.74. The van der Waals surface area contributed by atoms with Gasteiger partial charge in [0.05, 0.1) is 5.75 Å². The Morgan fingerprint density at radius 2 is 1.61 bits per heavy atom. The van der Waals surface area contributed by atoms with E-state index in [4.69, 9.17) is 5.73 Å². The van der Waals surface area contributed by atoms with Crippen molar-refractivity contribution in [1.29, 1.82) is 0 Å². The number of nitrogens with two attached hydrogens (primary N) is 1. The summed E-state index contributed by atoms with van der Waals surface area (Å²) in [4.78, 5) is 0. The van der Waals surface area contributed by atoms with E-state index < -0.39 is 10.0 Å². The average Bonchev–Trinajstić information content (AvgIpc) is 2.81. The van der Waals surface area contributed by atoms with Crippen molar-refractivity contribution in [2.45, 2.75) is 57.4 Å². The van der Waals surface area contributed by atoms with Gasteiger partial charge in [0.1, 0.15) is 0 Å². The molecule has 0 radical (unpaired) electrons. The van der Waals surface area contributed by atoms with Gasteiger partial charge in [0.2, 0.25) is 10.0 Å². The normalized spacial score (nSPS) is 30.7. The maximum Gasteiger partial charge on any atom is 0.212 e. The van der Waals surface area contributed by atoms with Crippen molar-refractivity contribution in [2.24, 2.45) is 17.6 Å². The van der Waals surface area contributed by atoms with E-state index >= 15 is 0 Å². The van der Waals surface area contributed by atoms with E-state index in [2.05, 4.69) is 4.72 Å². The molecule has 0 aromatic carbocycles. The van der Waals surface area contributed by atoms with E-state index in [1.165, 1.54) is 19.3 Å². The lowest BCUT2D eigenvalue weighted by molar-refractivity contribution is 0.295. The van der Waals surface area contributed by atoms with Crippen molar-refractivity contribution >= 4 is 10.0 Å². The number of nitrogens with one attached hydrogen (secondary N) is 1. The van der Waals surface area contributed by atoms with Crippen molar-refractivity contribution in [3.8, 4) is 0 Å². The molecule has 2 aliphatic carbocycles. The highest BCUT2D eigenvalue weighted by molar-refractivity contribution is 7.89. The Bertz CT molecular complexity index is 350. The Hall–Kier alpha value is -0.130. The topological polar surface area (TPSA) is 72.2 Å². The molecule has 2 fully saturated rings. The number of sulfonamides is 1. The standard InChI is InChI=1S/C13H26N2O2S/c14-9-12-7-3-4-8-13(12)15-18(16,17)10-11-5-1-2-6-11/h11-13,15H,1-10,14H2. The molecule has 0 spiro atoms. The highest BCUT2D eigenvalue weighted by Gasteiger charge is 2.29. The fourth-order valence-electron chi connectivity index (χ4n) is 3.41. The zero-order chi connectivity index (χ0) is 13.0. The lowest BCUT2D eigenvalue weighted by Gasteiger charge is -2.31. The van der Waals surface area contributed by atoms with Gasteiger partial charge in [0, 0.05) is 6.04 Å². The molecule has 0 amide bonds. The van der Waals surface area contributed by atoms with Gasteiger partial charge in [-0.15, -0.1) is 0 Å². The minimum atomic E-state index is -3.11. The van der Waals surface area contributed by atoms with Gasteiger partial charge in [-0.3, -0.25) is 0 Å². The molecule has 2 unspecified atom stereocenters. The molecule has 0 aromatic rings. The second-order valence-electron chi connectivity index (χ2n) is 5.94. The molecule has 2 aliphatic rings. The van der Waals surface area contributed by atoms with Crippen LogP contribution < -0.4 is 10.5 Å². The van der Waals surface area contributed by atoms with Crippen LogP contribution in [0, 0.1) is 11.8 Å². The van der Waals surface area contributed by atoms with E-state index in [1.807, 2.05) is 0 Å². The molecule has 5 heteroatoms. The first-order chi connectivity index (χ1) is 8.61. The third-order valence-electron chi connectivity index (χ3n) is 4.47. The SMILES string of the molecule is NCC1CCCCC1NS(=O)(=O)CC1CCCC1. The van der Waals surface area contributed by atoms with Crippen LogP contribution in [0.2, 0.25) is 0 Å². The van der Waals surface area contributed by atoms with Crippen LogP contribution in [0.25, 0.3) is 0 Å². The summed E-state index contributed by atoms with van der Waals surface area (Å²) in [6.45, 7) is 0.594. The Labute approximate surface area is 111 Å². The van der Waals surface area contributed by atoms with Crippen LogP contribution in [0.3, 0.4) is 0 Å². The number of hydrogen-bond donors (Lipinski definition) is 2. The van der Waals surface area contributed by atoms with Crippen LogP contribution in [0.1, 0.15) is 51.4 Å². The van der Waals surface area contributed by atoms with Crippen molar-refractivity contribution in [3.63, 3.8) is 0 Å². The van der Waals surface area contributed by atoms with Crippen LogP contribution in [-0.4, -0.2) is 26.8 Å². The molecule has 0 saturated heterocycles. The Balaban J connectivity index is 1.89. The number of rotatable bonds is 5. The van der Waals surface area contributed by atoms with E-state index in [-0.39, 0.29) is 6.04 Å². The van der Waals surface area contributed by atoms with Gasteiger partial charge in [-0.1, -0.05) is 25.7 Å². The van der Waals surface area contributed by atoms with Gasteiger partial charge in [0.15, 0.2) is 0 Å². The van der Waals surface area contributed by atoms with Crippen molar-refractivity contribution in [1.82, 2.24) is 4.72 Å². The van der Waals surface area contributed by atoms with Crippen molar-refractivity contribution < 1.29 is 8.42 Å². The van der Waals surface area contributed by atoms with Crippen LogP contribution in [-0.2, 0) is 10.0 Å². The number of hydrogen-bond acceptors (Lipinski definition) is 3. The summed E-state index contributed by atoms with van der Waals surface area (Å²) in [5.41, 5.74) is 5.74. The molecule has 0 bridgehead atoms. The Morgan fingerprint density at radius 1 is 1.00 bits per heavy atom. The summed E-state index contributed by atoms with van der Waals surface area (Å²) in [6.07, 6.45) is 8.84. The summed E-state index contributed by atoms with van der Waals surface area (Å²) in [5, 5.41) is 0. The largest absolute Gasteiger partial charge is 0.330 e. The lowest BCUT2D eigenvalue weighted by atomic mass is 9.85. The molecule has 18 heavy (non-hydrogen) atoms. The van der Waals surface area contributed by atoms with E-state index in [0.29, 0.717) is 24.1 Å². The molecule has 4 nitrogen and oxygen atoms in total. The molecule has 0 aliphatic heterocycles. The van der Waals surface area contributed by atoms with Crippen LogP contribution in [0.4, 0.5) is 0 Å². The fraction of sp³-hybridized carbons (Fsp3) is 1.00. The van der Waals surface area contributed by atoms with Gasteiger partial charge in [-0.2, -0.15) is 0 Å². The van der Waals surface area contributed by atoms with Gasteiger partial charge in [-0.25, -0.2) is 13.1 Å². The summed E-state index contributed by atoms with van der Waals surface area (Å²) in [5.74, 6) is 1.03. The van der Waals surface area contributed by atoms with Crippen LogP contribution in [0.5, 0.6) is 0 Å². The Kier molecular flexibility index (Phi) is 5.04. The molecule has 2 saturated carbocycles. The molecule has 2 rings (SSSR count). The highest BCUT2D eigenvalue weighted by Crippen LogP contribution is 2.27. The summed E-state index contributed by atoms with van der Waals surface area (Å²) in [7, 11) is -3.11. The molecule has 106 valence electrons. The van der Waals surface area contributed by atoms with Gasteiger partial charge < -0.3 is 5.73 Å². The molecular weight excluding hydrogens is 248 g/mol. The zero-order valence-corrected chi connectivity index (χ0v) is 11.9. The van der Waals surface area contributed by atoms with E-state index in [9.17, 15) is 8.42 Å². The molecule has 0 aromatic heterocycles. The van der Waals surface area contributed by atoms with Crippen molar-refractivity contribution in [2.75, 3.05) is 12.3 Å². The highest BCUT2D eigenvalue weighted by atomic mass is 32.2. The van der Waals surface area contributed by atoms with Gasteiger partial charge >= 0.3 is 0 Å². The smallest absolute Gasteiger partial charge is 0.212 e. The van der Waals surface area contributed by atoms with Crippen molar-refractivity contribution in [3.05, 3.63) is 0 Å². The average molecular weight is 274 g/mol. The summed E-state index contributed by atoms with van der Waals surface area (Å²) in [6, 6.07) is 0.0788. The summed E-state index contributed by atoms with van der Waals surface area (Å²) < 4.78 is 27.2. The molecule has 0 heterocycles. The predicted molar refractivity (Wildman–Crippen MR) is 73.7 cm³/mol. The van der Waals surface area contributed by atoms with Gasteiger partial charge in [-0.05, 0) is 44.1 Å². The minimum Gasteiger partial charge on any atom is -0.330 e. The lowest BCUT2D eigenvalue weighted by Crippen LogP contribution is -2.46. The fourth-order valence-corrected chi connectivity index (χ4v) is 5.23.